The van der Waals surface area contributed by atoms with Crippen molar-refractivity contribution in [2.75, 3.05) is 0 Å². The van der Waals surface area contributed by atoms with Crippen LogP contribution in [0, 0.1) is 11.2 Å². The molecule has 0 saturated heterocycles. The van der Waals surface area contributed by atoms with Gasteiger partial charge in [0.2, 0.25) is 5.91 Å². The van der Waals surface area contributed by atoms with Crippen molar-refractivity contribution in [2.45, 2.75) is 44.1 Å². The van der Waals surface area contributed by atoms with Crippen molar-refractivity contribution in [1.29, 1.82) is 0 Å². The van der Waals surface area contributed by atoms with E-state index in [9.17, 15) is 9.18 Å². The van der Waals surface area contributed by atoms with Crippen molar-refractivity contribution in [2.24, 2.45) is 5.41 Å². The van der Waals surface area contributed by atoms with E-state index < -0.39 is 11.5 Å². The molecule has 0 aliphatic heterocycles. The number of hydrogen-bond donors (Lipinski definition) is 1. The van der Waals surface area contributed by atoms with Crippen molar-refractivity contribution in [3.63, 3.8) is 0 Å². The molecule has 4 rings (SSSR count). The smallest absolute Gasteiger partial charge is 0.225 e. The molecule has 0 bridgehead atoms. The zero-order valence-corrected chi connectivity index (χ0v) is 23.0. The molecule has 9 heteroatoms. The molecule has 0 fully saturated rings. The number of carbonyl (C=O) groups excluding carboxylic acids is 1. The van der Waals surface area contributed by atoms with Crippen molar-refractivity contribution in [3.8, 4) is 5.69 Å². The Kier molecular flexibility index (Phi) is 8.57. The largest absolute Gasteiger partial charge is 0.345 e. The third-order valence-electron chi connectivity index (χ3n) is 5.67. The molecule has 192 valence electrons. The lowest BCUT2D eigenvalue weighted by atomic mass is 9.94. The second-order valence-electron chi connectivity index (χ2n) is 9.65. The zero-order chi connectivity index (χ0) is 26.6. The lowest BCUT2D eigenvalue weighted by molar-refractivity contribution is -0.129. The van der Waals surface area contributed by atoms with E-state index in [1.807, 2.05) is 61.7 Å². The summed E-state index contributed by atoms with van der Waals surface area (Å²) in [6, 6.07) is 21.0. The summed E-state index contributed by atoms with van der Waals surface area (Å²) < 4.78 is 15.2. The molecule has 0 aliphatic rings. The van der Waals surface area contributed by atoms with Crippen LogP contribution in [0.5, 0.6) is 0 Å². The van der Waals surface area contributed by atoms with Crippen molar-refractivity contribution < 1.29 is 9.18 Å². The highest BCUT2D eigenvalue weighted by atomic mass is 35.5. The first-order valence-electron chi connectivity index (χ1n) is 11.7. The maximum absolute atomic E-state index is 13.4. The van der Waals surface area contributed by atoms with Crippen molar-refractivity contribution >= 4 is 40.9 Å². The third-order valence-corrected chi connectivity index (χ3v) is 7.21. The number of hydrogen-bond acceptors (Lipinski definition) is 4. The topological polar surface area (TPSA) is 59.8 Å². The van der Waals surface area contributed by atoms with Gasteiger partial charge in [-0.05, 0) is 47.9 Å². The Morgan fingerprint density at radius 2 is 1.70 bits per heavy atom. The second kappa shape index (κ2) is 11.7. The molecule has 0 aliphatic carbocycles. The lowest BCUT2D eigenvalue weighted by Gasteiger charge is -2.25. The summed E-state index contributed by atoms with van der Waals surface area (Å²) in [6.45, 7) is 5.60. The van der Waals surface area contributed by atoms with Gasteiger partial charge in [0.1, 0.15) is 5.82 Å². The van der Waals surface area contributed by atoms with Crippen LogP contribution in [0.3, 0.4) is 0 Å². The SMILES string of the molecule is CC(C)(C)C(=O)NC(Cc1ccccc1)c1nnc(SCc2ccc(F)cc2)n1-c1ccc(Cl)cc1Cl. The van der Waals surface area contributed by atoms with Crippen LogP contribution in [-0.4, -0.2) is 20.7 Å². The van der Waals surface area contributed by atoms with E-state index in [-0.39, 0.29) is 11.7 Å². The number of aromatic nitrogens is 3. The summed E-state index contributed by atoms with van der Waals surface area (Å²) in [7, 11) is 0. The molecule has 0 saturated carbocycles. The maximum atomic E-state index is 13.4. The molecule has 37 heavy (non-hydrogen) atoms. The highest BCUT2D eigenvalue weighted by Crippen LogP contribution is 2.33. The van der Waals surface area contributed by atoms with Crippen LogP contribution in [0.25, 0.3) is 5.69 Å². The summed E-state index contributed by atoms with van der Waals surface area (Å²) in [5, 5.41) is 13.7. The standard InChI is InChI=1S/C28H27Cl2FN4OS/c1-28(2,3)26(36)32-23(15-18-7-5-4-6-8-18)25-33-34-27(37-17-19-9-12-21(31)13-10-19)35(25)24-14-11-20(29)16-22(24)30/h4-14,16,23H,15,17H2,1-3H3,(H,32,36). The van der Waals surface area contributed by atoms with Crippen LogP contribution in [0.2, 0.25) is 10.0 Å². The van der Waals surface area contributed by atoms with Gasteiger partial charge in [-0.15, -0.1) is 10.2 Å². The summed E-state index contributed by atoms with van der Waals surface area (Å²) >= 11 is 14.3. The highest BCUT2D eigenvalue weighted by Gasteiger charge is 2.29. The third kappa shape index (κ3) is 6.92. The fraction of sp³-hybridized carbons (Fsp3) is 0.250. The fourth-order valence-electron chi connectivity index (χ4n) is 3.65. The average molecular weight is 558 g/mol. The van der Waals surface area contributed by atoms with Crippen LogP contribution in [0.1, 0.15) is 43.8 Å². The predicted octanol–water partition coefficient (Wildman–Crippen LogP) is 7.45. The Morgan fingerprint density at radius 1 is 1.00 bits per heavy atom. The van der Waals surface area contributed by atoms with Crippen molar-refractivity contribution in [1.82, 2.24) is 20.1 Å². The summed E-state index contributed by atoms with van der Waals surface area (Å²) in [4.78, 5) is 13.1. The number of carbonyl (C=O) groups is 1. The number of rotatable bonds is 8. The number of nitrogens with one attached hydrogen (secondary N) is 1. The van der Waals surface area contributed by atoms with Gasteiger partial charge in [-0.2, -0.15) is 0 Å². The van der Waals surface area contributed by atoms with Crippen LogP contribution >= 0.6 is 35.0 Å². The molecule has 0 spiro atoms. The van der Waals surface area contributed by atoms with E-state index in [0.717, 1.165) is 11.1 Å². The van der Waals surface area contributed by atoms with Crippen LogP contribution < -0.4 is 5.32 Å². The fourth-order valence-corrected chi connectivity index (χ4v) is 5.05. The Bertz CT molecular complexity index is 1370. The number of benzene rings is 3. The van der Waals surface area contributed by atoms with E-state index in [0.29, 0.717) is 38.9 Å². The zero-order valence-electron chi connectivity index (χ0n) is 20.7. The van der Waals surface area contributed by atoms with Gasteiger partial charge in [-0.1, -0.05) is 98.2 Å². The van der Waals surface area contributed by atoms with Gasteiger partial charge in [0.15, 0.2) is 11.0 Å². The Morgan fingerprint density at radius 3 is 2.35 bits per heavy atom. The highest BCUT2D eigenvalue weighted by molar-refractivity contribution is 7.98. The van der Waals surface area contributed by atoms with Gasteiger partial charge in [-0.25, -0.2) is 4.39 Å². The first-order valence-corrected chi connectivity index (χ1v) is 13.5. The first-order chi connectivity index (χ1) is 17.6. The maximum Gasteiger partial charge on any atom is 0.225 e. The van der Waals surface area contributed by atoms with E-state index in [1.165, 1.54) is 23.9 Å². The molecule has 4 aromatic rings. The van der Waals surface area contributed by atoms with E-state index >= 15 is 0 Å². The predicted molar refractivity (Wildman–Crippen MR) is 148 cm³/mol. The van der Waals surface area contributed by atoms with Crippen LogP contribution in [0.15, 0.2) is 78.0 Å². The Labute approximate surface area is 230 Å². The van der Waals surface area contributed by atoms with Gasteiger partial charge in [0.05, 0.1) is 16.8 Å². The van der Waals surface area contributed by atoms with Crippen molar-refractivity contribution in [3.05, 3.63) is 106 Å². The average Bonchev–Trinajstić information content (AvgIpc) is 3.27. The van der Waals surface area contributed by atoms with Crippen LogP contribution in [0.4, 0.5) is 4.39 Å². The molecule has 1 amide bonds. The summed E-state index contributed by atoms with van der Waals surface area (Å²) in [5.74, 6) is 0.699. The molecule has 1 N–H and O–H groups in total. The van der Waals surface area contributed by atoms with Gasteiger partial charge < -0.3 is 5.32 Å². The van der Waals surface area contributed by atoms with Gasteiger partial charge in [0.25, 0.3) is 0 Å². The van der Waals surface area contributed by atoms with Gasteiger partial charge in [-0.3, -0.25) is 9.36 Å². The molecule has 0 radical (unpaired) electrons. The second-order valence-corrected chi connectivity index (χ2v) is 11.4. The number of amides is 1. The van der Waals surface area contributed by atoms with Crippen LogP contribution in [-0.2, 0) is 17.0 Å². The number of nitrogens with zero attached hydrogens (tertiary/aromatic N) is 3. The summed E-state index contributed by atoms with van der Waals surface area (Å²) in [5.41, 5.74) is 2.03. The quantitative estimate of drug-likeness (QED) is 0.229. The molecule has 1 heterocycles. The molecule has 3 aromatic carbocycles. The molecular weight excluding hydrogens is 530 g/mol. The van der Waals surface area contributed by atoms with E-state index in [2.05, 4.69) is 15.5 Å². The molecule has 1 aromatic heterocycles. The normalized spacial score (nSPS) is 12.4. The Hall–Kier alpha value is -2.87. The summed E-state index contributed by atoms with van der Waals surface area (Å²) in [6.07, 6.45) is 0.509. The molecule has 1 unspecified atom stereocenters. The molecule has 1 atom stereocenters. The minimum Gasteiger partial charge on any atom is -0.345 e. The van der Waals surface area contributed by atoms with Gasteiger partial charge >= 0.3 is 0 Å². The van der Waals surface area contributed by atoms with Gasteiger partial charge in [0, 0.05) is 16.2 Å². The van der Waals surface area contributed by atoms with E-state index in [4.69, 9.17) is 23.2 Å². The molecule has 5 nitrogen and oxygen atoms in total. The molecular formula is C28H27Cl2FN4OS. The monoisotopic (exact) mass is 556 g/mol. The number of halogens is 3. The number of thioether (sulfide) groups is 1. The lowest BCUT2D eigenvalue weighted by Crippen LogP contribution is -2.39. The Balaban J connectivity index is 1.78. The first kappa shape index (κ1) is 27.2. The minimum absolute atomic E-state index is 0.106. The minimum atomic E-state index is -0.599. The van der Waals surface area contributed by atoms with E-state index in [1.54, 1.807) is 24.3 Å².